The predicted octanol–water partition coefficient (Wildman–Crippen LogP) is 2.50. The minimum atomic E-state index is -3.35. The first kappa shape index (κ1) is 19.9. The molecular formula is C20H22N2O5S. The number of benzene rings is 2. The molecular weight excluding hydrogens is 380 g/mol. The van der Waals surface area contributed by atoms with Crippen LogP contribution in [0.4, 0.5) is 11.4 Å². The number of nitrogens with zero attached hydrogens (tertiary/aromatic N) is 1. The van der Waals surface area contributed by atoms with Crippen LogP contribution < -0.4 is 9.62 Å². The normalized spacial score (nSPS) is 14.3. The van der Waals surface area contributed by atoms with Crippen LogP contribution in [0.3, 0.4) is 0 Å². The number of anilines is 2. The number of carbonyl (C=O) groups excluding carboxylic acids is 2. The Hall–Kier alpha value is -2.87. The van der Waals surface area contributed by atoms with Gasteiger partial charge in [-0.1, -0.05) is 17.7 Å². The standard InChI is InChI=1S/C20H22N2O5S/c1-13-4-7-17(8-5-13)21-19(23)14(2)27-20(24)16-6-9-18-15(12-16)10-11-22(18)28(3,25)26/h4-9,12,14H,10-11H2,1-3H3,(H,21,23)/t14-/m0/s1. The van der Waals surface area contributed by atoms with Crippen LogP contribution in [0.5, 0.6) is 0 Å². The molecule has 0 bridgehead atoms. The molecule has 0 radical (unpaired) electrons. The molecule has 1 aliphatic heterocycles. The minimum Gasteiger partial charge on any atom is -0.449 e. The highest BCUT2D eigenvalue weighted by molar-refractivity contribution is 7.92. The molecule has 0 fully saturated rings. The summed E-state index contributed by atoms with van der Waals surface area (Å²) >= 11 is 0. The summed E-state index contributed by atoms with van der Waals surface area (Å²) in [4.78, 5) is 24.6. The Labute approximate surface area is 164 Å². The summed E-state index contributed by atoms with van der Waals surface area (Å²) in [6.45, 7) is 3.80. The van der Waals surface area contributed by atoms with Crippen LogP contribution in [0.25, 0.3) is 0 Å². The third-order valence-corrected chi connectivity index (χ3v) is 5.72. The number of carbonyl (C=O) groups is 2. The van der Waals surface area contributed by atoms with Gasteiger partial charge in [-0.3, -0.25) is 9.10 Å². The maximum absolute atomic E-state index is 12.4. The third kappa shape index (κ3) is 4.33. The van der Waals surface area contributed by atoms with Crippen molar-refractivity contribution in [2.24, 2.45) is 0 Å². The monoisotopic (exact) mass is 402 g/mol. The zero-order chi connectivity index (χ0) is 20.5. The second-order valence-electron chi connectivity index (χ2n) is 6.83. The molecule has 1 heterocycles. The van der Waals surface area contributed by atoms with Crippen LogP contribution in [0.1, 0.15) is 28.4 Å². The number of amides is 1. The van der Waals surface area contributed by atoms with Gasteiger partial charge >= 0.3 is 5.97 Å². The Kier molecular flexibility index (Phi) is 5.42. The molecule has 2 aromatic rings. The van der Waals surface area contributed by atoms with E-state index in [1.807, 2.05) is 19.1 Å². The molecule has 3 rings (SSSR count). The van der Waals surface area contributed by atoms with Gasteiger partial charge in [0.05, 0.1) is 17.5 Å². The summed E-state index contributed by atoms with van der Waals surface area (Å²) < 4.78 is 30.2. The van der Waals surface area contributed by atoms with Crippen LogP contribution in [0.15, 0.2) is 42.5 Å². The summed E-state index contributed by atoms with van der Waals surface area (Å²) in [5.41, 5.74) is 3.31. The fourth-order valence-corrected chi connectivity index (χ4v) is 3.96. The van der Waals surface area contributed by atoms with E-state index in [0.29, 0.717) is 24.3 Å². The molecule has 1 atom stereocenters. The molecule has 1 N–H and O–H groups in total. The molecule has 0 spiro atoms. The number of rotatable bonds is 5. The lowest BCUT2D eigenvalue weighted by Gasteiger charge is -2.17. The highest BCUT2D eigenvalue weighted by atomic mass is 32.2. The topological polar surface area (TPSA) is 92.8 Å². The largest absolute Gasteiger partial charge is 0.449 e. The molecule has 8 heteroatoms. The quantitative estimate of drug-likeness (QED) is 0.776. The number of nitrogens with one attached hydrogen (secondary N) is 1. The van der Waals surface area contributed by atoms with Gasteiger partial charge in [-0.25, -0.2) is 13.2 Å². The molecule has 0 saturated carbocycles. The highest BCUT2D eigenvalue weighted by Gasteiger charge is 2.27. The van der Waals surface area contributed by atoms with E-state index >= 15 is 0 Å². The zero-order valence-corrected chi connectivity index (χ0v) is 16.7. The first-order valence-electron chi connectivity index (χ1n) is 8.84. The predicted molar refractivity (Wildman–Crippen MR) is 107 cm³/mol. The maximum Gasteiger partial charge on any atom is 0.338 e. The fourth-order valence-electron chi connectivity index (χ4n) is 3.01. The smallest absolute Gasteiger partial charge is 0.338 e. The Morgan fingerprint density at radius 3 is 2.46 bits per heavy atom. The van der Waals surface area contributed by atoms with Crippen LogP contribution in [-0.4, -0.2) is 39.2 Å². The van der Waals surface area contributed by atoms with Crippen molar-refractivity contribution in [3.63, 3.8) is 0 Å². The summed E-state index contributed by atoms with van der Waals surface area (Å²) in [6.07, 6.45) is 0.695. The number of esters is 1. The molecule has 1 amide bonds. The van der Waals surface area contributed by atoms with Crippen molar-refractivity contribution >= 4 is 33.3 Å². The molecule has 0 saturated heterocycles. The van der Waals surface area contributed by atoms with Crippen molar-refractivity contribution in [3.8, 4) is 0 Å². The van der Waals surface area contributed by atoms with Gasteiger partial charge in [0.15, 0.2) is 6.10 Å². The summed E-state index contributed by atoms with van der Waals surface area (Å²) in [5, 5.41) is 2.70. The van der Waals surface area contributed by atoms with Crippen LogP contribution in [0.2, 0.25) is 0 Å². The third-order valence-electron chi connectivity index (χ3n) is 4.54. The average molecular weight is 402 g/mol. The molecule has 0 unspecified atom stereocenters. The van der Waals surface area contributed by atoms with E-state index in [0.717, 1.165) is 17.4 Å². The van der Waals surface area contributed by atoms with Gasteiger partial charge in [-0.2, -0.15) is 0 Å². The summed E-state index contributed by atoms with van der Waals surface area (Å²) in [5.74, 6) is -1.06. The Balaban J connectivity index is 1.66. The lowest BCUT2D eigenvalue weighted by atomic mass is 10.1. The first-order valence-corrected chi connectivity index (χ1v) is 10.7. The van der Waals surface area contributed by atoms with Crippen molar-refractivity contribution in [1.29, 1.82) is 0 Å². The lowest BCUT2D eigenvalue weighted by molar-refractivity contribution is -0.123. The van der Waals surface area contributed by atoms with E-state index in [4.69, 9.17) is 4.74 Å². The van der Waals surface area contributed by atoms with Gasteiger partial charge in [0.2, 0.25) is 10.0 Å². The van der Waals surface area contributed by atoms with Crippen molar-refractivity contribution < 1.29 is 22.7 Å². The minimum absolute atomic E-state index is 0.282. The summed E-state index contributed by atoms with van der Waals surface area (Å²) in [7, 11) is -3.35. The van der Waals surface area contributed by atoms with Crippen LogP contribution >= 0.6 is 0 Å². The molecule has 2 aromatic carbocycles. The average Bonchev–Trinajstić information content (AvgIpc) is 3.07. The second kappa shape index (κ2) is 7.63. The van der Waals surface area contributed by atoms with Gasteiger partial charge < -0.3 is 10.1 Å². The zero-order valence-electron chi connectivity index (χ0n) is 15.9. The van der Waals surface area contributed by atoms with E-state index in [2.05, 4.69) is 5.32 Å². The van der Waals surface area contributed by atoms with Gasteiger partial charge in [-0.05, 0) is 56.2 Å². The van der Waals surface area contributed by atoms with Crippen LogP contribution in [-0.2, 0) is 26.0 Å². The molecule has 28 heavy (non-hydrogen) atoms. The first-order chi connectivity index (χ1) is 13.1. The maximum atomic E-state index is 12.4. The number of fused-ring (bicyclic) bond motifs is 1. The van der Waals surface area contributed by atoms with E-state index in [-0.39, 0.29) is 5.56 Å². The van der Waals surface area contributed by atoms with E-state index in [1.54, 1.807) is 24.3 Å². The number of hydrogen-bond donors (Lipinski definition) is 1. The van der Waals surface area contributed by atoms with Crippen LogP contribution in [0, 0.1) is 6.92 Å². The van der Waals surface area contributed by atoms with E-state index in [1.165, 1.54) is 17.3 Å². The van der Waals surface area contributed by atoms with E-state index in [9.17, 15) is 18.0 Å². The second-order valence-corrected chi connectivity index (χ2v) is 8.74. The molecule has 0 aliphatic carbocycles. The van der Waals surface area contributed by atoms with Crippen molar-refractivity contribution in [2.45, 2.75) is 26.4 Å². The fraction of sp³-hybridized carbons (Fsp3) is 0.300. The molecule has 7 nitrogen and oxygen atoms in total. The SMILES string of the molecule is Cc1ccc(NC(=O)[C@H](C)OC(=O)c2ccc3c(c2)CCN3S(C)(=O)=O)cc1. The lowest BCUT2D eigenvalue weighted by Crippen LogP contribution is -2.30. The number of ether oxygens (including phenoxy) is 1. The van der Waals surface area contributed by atoms with Crippen molar-refractivity contribution in [1.82, 2.24) is 0 Å². The van der Waals surface area contributed by atoms with Gasteiger partial charge in [-0.15, -0.1) is 0 Å². The van der Waals surface area contributed by atoms with Gasteiger partial charge in [0.1, 0.15) is 0 Å². The molecule has 148 valence electrons. The van der Waals surface area contributed by atoms with E-state index < -0.39 is 28.0 Å². The number of aryl methyl sites for hydroxylation is 1. The Bertz CT molecular complexity index is 1020. The van der Waals surface area contributed by atoms with Gasteiger partial charge in [0.25, 0.3) is 5.91 Å². The highest BCUT2D eigenvalue weighted by Crippen LogP contribution is 2.31. The molecule has 1 aliphatic rings. The number of hydrogen-bond acceptors (Lipinski definition) is 5. The van der Waals surface area contributed by atoms with Crippen molar-refractivity contribution in [3.05, 3.63) is 59.2 Å². The van der Waals surface area contributed by atoms with Crippen molar-refractivity contribution in [2.75, 3.05) is 22.4 Å². The Morgan fingerprint density at radius 1 is 1.14 bits per heavy atom. The molecule has 0 aromatic heterocycles. The van der Waals surface area contributed by atoms with Gasteiger partial charge in [0, 0.05) is 12.2 Å². The Morgan fingerprint density at radius 2 is 1.82 bits per heavy atom. The summed E-state index contributed by atoms with van der Waals surface area (Å²) in [6, 6.07) is 12.0. The number of sulfonamides is 1.